The molecule has 1 N–H and O–H groups in total. The molecule has 186 valence electrons. The molecule has 0 radical (unpaired) electrons. The molecule has 1 atom stereocenters. The largest absolute Gasteiger partial charge is 0.496 e. The summed E-state index contributed by atoms with van der Waals surface area (Å²) in [7, 11) is -1.79. The van der Waals surface area contributed by atoms with Crippen LogP contribution in [0, 0.1) is 12.8 Å². The van der Waals surface area contributed by atoms with E-state index in [1.165, 1.54) is 4.31 Å². The fourth-order valence-corrected chi connectivity index (χ4v) is 6.31. The molecule has 1 aliphatic heterocycles. The molecule has 1 saturated heterocycles. The third-order valence-corrected chi connectivity index (χ3v) is 8.61. The third kappa shape index (κ3) is 6.32. The Hall–Kier alpha value is -2.09. The molecule has 1 aliphatic rings. The number of hydrogen-bond donors (Lipinski definition) is 1. The standard InChI is InChI=1S/C26H35ClN2O4S/c1-17(2)23-15-24(18(3)13-25(23)33-5)19(4)28-26(30)21-9-11-29(12-10-21)34(31,32)16-20-7-6-8-22(27)14-20/h6-8,13-15,17,19,21H,9-12,16H2,1-5H3,(H,28,30)/t19-/m0/s1. The van der Waals surface area contributed by atoms with Crippen LogP contribution in [0.2, 0.25) is 5.02 Å². The molecule has 0 unspecified atom stereocenters. The summed E-state index contributed by atoms with van der Waals surface area (Å²) in [5, 5.41) is 3.67. The Bertz CT molecular complexity index is 1130. The van der Waals surface area contributed by atoms with Gasteiger partial charge in [0.15, 0.2) is 0 Å². The van der Waals surface area contributed by atoms with E-state index in [0.29, 0.717) is 42.4 Å². The molecule has 1 amide bonds. The fourth-order valence-electron chi connectivity index (χ4n) is 4.54. The molecule has 0 aromatic heterocycles. The quantitative estimate of drug-likeness (QED) is 0.534. The summed E-state index contributed by atoms with van der Waals surface area (Å²) in [4.78, 5) is 13.0. The van der Waals surface area contributed by atoms with Gasteiger partial charge in [0.05, 0.1) is 18.9 Å². The lowest BCUT2D eigenvalue weighted by molar-refractivity contribution is -0.126. The molecule has 0 bridgehead atoms. The fraction of sp³-hybridized carbons (Fsp3) is 0.500. The maximum absolute atomic E-state index is 13.0. The Labute approximate surface area is 208 Å². The highest BCUT2D eigenvalue weighted by Crippen LogP contribution is 2.32. The molecule has 0 saturated carbocycles. The second-order valence-corrected chi connectivity index (χ2v) is 11.8. The zero-order valence-corrected chi connectivity index (χ0v) is 22.2. The Morgan fingerprint density at radius 3 is 2.41 bits per heavy atom. The van der Waals surface area contributed by atoms with Crippen molar-refractivity contribution in [2.45, 2.75) is 58.2 Å². The average Bonchev–Trinajstić information content (AvgIpc) is 2.78. The highest BCUT2D eigenvalue weighted by molar-refractivity contribution is 7.88. The molecule has 8 heteroatoms. The van der Waals surface area contributed by atoms with Gasteiger partial charge < -0.3 is 10.1 Å². The summed E-state index contributed by atoms with van der Waals surface area (Å²) in [6, 6.07) is 10.9. The molecule has 2 aromatic carbocycles. The van der Waals surface area contributed by atoms with Crippen molar-refractivity contribution >= 4 is 27.5 Å². The Morgan fingerprint density at radius 2 is 1.82 bits per heavy atom. The number of piperidine rings is 1. The lowest BCUT2D eigenvalue weighted by Gasteiger charge is -2.31. The molecule has 2 aromatic rings. The van der Waals surface area contributed by atoms with E-state index in [1.807, 2.05) is 19.9 Å². The number of nitrogens with zero attached hydrogens (tertiary/aromatic N) is 1. The Kier molecular flexibility index (Phi) is 8.66. The van der Waals surface area contributed by atoms with Crippen LogP contribution in [0.5, 0.6) is 5.75 Å². The summed E-state index contributed by atoms with van der Waals surface area (Å²) in [6.07, 6.45) is 1.01. The van der Waals surface area contributed by atoms with E-state index in [1.54, 1.807) is 31.4 Å². The topological polar surface area (TPSA) is 75.7 Å². The minimum Gasteiger partial charge on any atom is -0.496 e. The number of carbonyl (C=O) groups excluding carboxylic acids is 1. The van der Waals surface area contributed by atoms with Crippen LogP contribution < -0.4 is 10.1 Å². The predicted octanol–water partition coefficient (Wildman–Crippen LogP) is 5.20. The van der Waals surface area contributed by atoms with E-state index in [0.717, 1.165) is 22.4 Å². The first-order valence-corrected chi connectivity index (χ1v) is 13.7. The van der Waals surface area contributed by atoms with Crippen LogP contribution in [0.25, 0.3) is 0 Å². The second-order valence-electron chi connectivity index (χ2n) is 9.40. The van der Waals surface area contributed by atoms with Gasteiger partial charge in [0.2, 0.25) is 15.9 Å². The first-order chi connectivity index (χ1) is 16.0. The zero-order valence-electron chi connectivity index (χ0n) is 20.6. The van der Waals surface area contributed by atoms with Crippen LogP contribution in [0.1, 0.15) is 67.8 Å². The van der Waals surface area contributed by atoms with Gasteiger partial charge in [-0.2, -0.15) is 0 Å². The smallest absolute Gasteiger partial charge is 0.223 e. The molecule has 1 heterocycles. The predicted molar refractivity (Wildman–Crippen MR) is 137 cm³/mol. The highest BCUT2D eigenvalue weighted by Gasteiger charge is 2.32. The molecular weight excluding hydrogens is 472 g/mol. The number of sulfonamides is 1. The van der Waals surface area contributed by atoms with Crippen LogP contribution in [0.4, 0.5) is 0 Å². The van der Waals surface area contributed by atoms with Gasteiger partial charge in [0.1, 0.15) is 5.75 Å². The van der Waals surface area contributed by atoms with E-state index >= 15 is 0 Å². The van der Waals surface area contributed by atoms with Crippen LogP contribution in [0.15, 0.2) is 36.4 Å². The minimum absolute atomic E-state index is 0.0271. The molecule has 0 spiro atoms. The first kappa shape index (κ1) is 26.5. The van der Waals surface area contributed by atoms with Crippen LogP contribution in [-0.2, 0) is 20.6 Å². The number of hydrogen-bond acceptors (Lipinski definition) is 4. The number of halogens is 1. The normalized spacial score (nSPS) is 16.4. The first-order valence-electron chi connectivity index (χ1n) is 11.7. The number of methoxy groups -OCH3 is 1. The van der Waals surface area contributed by atoms with Crippen LogP contribution in [0.3, 0.4) is 0 Å². The number of rotatable bonds is 8. The summed E-state index contributed by atoms with van der Waals surface area (Å²) in [6.45, 7) is 8.93. The Morgan fingerprint density at radius 1 is 1.15 bits per heavy atom. The molecular formula is C26H35ClN2O4S. The lowest BCUT2D eigenvalue weighted by Crippen LogP contribution is -2.43. The molecule has 0 aliphatic carbocycles. The summed E-state index contributed by atoms with van der Waals surface area (Å²) in [5.41, 5.74) is 3.91. The number of amides is 1. The van der Waals surface area contributed by atoms with Crippen molar-refractivity contribution in [3.8, 4) is 5.75 Å². The van der Waals surface area contributed by atoms with E-state index in [-0.39, 0.29) is 23.6 Å². The maximum atomic E-state index is 13.0. The highest BCUT2D eigenvalue weighted by atomic mass is 35.5. The van der Waals surface area contributed by atoms with E-state index in [9.17, 15) is 13.2 Å². The SMILES string of the molecule is COc1cc(C)c([C@H](C)NC(=O)C2CCN(S(=O)(=O)Cc3cccc(Cl)c3)CC2)cc1C(C)C. The molecule has 34 heavy (non-hydrogen) atoms. The molecule has 1 fully saturated rings. The summed E-state index contributed by atoms with van der Waals surface area (Å²) >= 11 is 5.99. The van der Waals surface area contributed by atoms with Crippen LogP contribution >= 0.6 is 11.6 Å². The Balaban J connectivity index is 1.61. The van der Waals surface area contributed by atoms with Gasteiger partial charge in [-0.1, -0.05) is 37.6 Å². The van der Waals surface area contributed by atoms with Gasteiger partial charge >= 0.3 is 0 Å². The number of nitrogens with one attached hydrogen (secondary N) is 1. The number of aryl methyl sites for hydroxylation is 1. The van der Waals surface area contributed by atoms with Gasteiger partial charge in [0, 0.05) is 24.0 Å². The maximum Gasteiger partial charge on any atom is 0.223 e. The van der Waals surface area contributed by atoms with E-state index in [2.05, 4.69) is 25.2 Å². The van der Waals surface area contributed by atoms with Crippen molar-refractivity contribution < 1.29 is 17.9 Å². The minimum atomic E-state index is -3.46. The van der Waals surface area contributed by atoms with E-state index < -0.39 is 10.0 Å². The van der Waals surface area contributed by atoms with Gasteiger partial charge in [-0.25, -0.2) is 12.7 Å². The van der Waals surface area contributed by atoms with Gasteiger partial charge in [-0.15, -0.1) is 0 Å². The lowest BCUT2D eigenvalue weighted by atomic mass is 9.92. The van der Waals surface area contributed by atoms with Gasteiger partial charge in [-0.3, -0.25) is 4.79 Å². The molecule has 6 nitrogen and oxygen atoms in total. The monoisotopic (exact) mass is 506 g/mol. The van der Waals surface area contributed by atoms with E-state index in [4.69, 9.17) is 16.3 Å². The zero-order chi connectivity index (χ0) is 25.0. The van der Waals surface area contributed by atoms with Crippen molar-refractivity contribution in [2.75, 3.05) is 20.2 Å². The number of ether oxygens (including phenoxy) is 1. The molecule has 3 rings (SSSR count). The number of carbonyl (C=O) groups is 1. The van der Waals surface area contributed by atoms with Crippen molar-refractivity contribution in [1.29, 1.82) is 0 Å². The number of benzene rings is 2. The van der Waals surface area contributed by atoms with Crippen molar-refractivity contribution in [1.82, 2.24) is 9.62 Å². The second kappa shape index (κ2) is 11.1. The average molecular weight is 507 g/mol. The van der Waals surface area contributed by atoms with Gasteiger partial charge in [-0.05, 0) is 79.1 Å². The summed E-state index contributed by atoms with van der Waals surface area (Å²) < 4.78 is 32.7. The van der Waals surface area contributed by atoms with Crippen molar-refractivity contribution in [3.63, 3.8) is 0 Å². The van der Waals surface area contributed by atoms with Crippen molar-refractivity contribution in [3.05, 3.63) is 63.7 Å². The van der Waals surface area contributed by atoms with Crippen LogP contribution in [-0.4, -0.2) is 38.8 Å². The third-order valence-electron chi connectivity index (χ3n) is 6.52. The summed E-state index contributed by atoms with van der Waals surface area (Å²) in [5.74, 6) is 0.844. The van der Waals surface area contributed by atoms with Crippen molar-refractivity contribution in [2.24, 2.45) is 5.92 Å². The van der Waals surface area contributed by atoms with Gasteiger partial charge in [0.25, 0.3) is 0 Å².